The predicted molar refractivity (Wildman–Crippen MR) is 67.5 cm³/mol. The lowest BCUT2D eigenvalue weighted by Gasteiger charge is -2.03. The third kappa shape index (κ3) is 2.62. The second-order valence-corrected chi connectivity index (χ2v) is 4.29. The van der Waals surface area contributed by atoms with E-state index in [4.69, 9.17) is 23.2 Å². The molecule has 0 bridgehead atoms. The Balaban J connectivity index is 2.49. The van der Waals surface area contributed by atoms with Gasteiger partial charge in [0.05, 0.1) is 15.7 Å². The first kappa shape index (κ1) is 12.0. The van der Waals surface area contributed by atoms with Crippen LogP contribution in [0, 0.1) is 0 Å². The van der Waals surface area contributed by atoms with Crippen molar-refractivity contribution in [2.45, 2.75) is 6.92 Å². The van der Waals surface area contributed by atoms with Crippen molar-refractivity contribution in [3.8, 4) is 11.3 Å². The molecule has 0 unspecified atom stereocenters. The number of Topliss-reactive ketones (excluding diaryl/α,β-unsaturated/α-hetero) is 1. The van der Waals surface area contributed by atoms with Crippen LogP contribution >= 0.6 is 23.2 Å². The van der Waals surface area contributed by atoms with E-state index in [0.29, 0.717) is 21.4 Å². The van der Waals surface area contributed by atoms with Crippen LogP contribution in [0.15, 0.2) is 30.6 Å². The maximum Gasteiger partial charge on any atom is 0.178 e. The molecular weight excluding hydrogens is 259 g/mol. The molecule has 1 heterocycles. The van der Waals surface area contributed by atoms with Gasteiger partial charge >= 0.3 is 0 Å². The topological polar surface area (TPSA) is 42.9 Å². The van der Waals surface area contributed by atoms with Crippen LogP contribution in [0.4, 0.5) is 0 Å². The first-order valence-electron chi connectivity index (χ1n) is 4.86. The second kappa shape index (κ2) is 4.82. The largest absolute Gasteiger partial charge is 0.293 e. The third-order valence-corrected chi connectivity index (χ3v) is 2.98. The normalized spacial score (nSPS) is 10.3. The van der Waals surface area contributed by atoms with Crippen molar-refractivity contribution >= 4 is 29.0 Å². The molecule has 1 aromatic heterocycles. The van der Waals surface area contributed by atoms with Gasteiger partial charge in [0.1, 0.15) is 12.0 Å². The Morgan fingerprint density at radius 1 is 1.12 bits per heavy atom. The first-order chi connectivity index (χ1) is 8.08. The number of carbonyl (C=O) groups is 1. The van der Waals surface area contributed by atoms with Crippen LogP contribution in [0.1, 0.15) is 17.4 Å². The highest BCUT2D eigenvalue weighted by molar-refractivity contribution is 6.42. The molecule has 0 aliphatic rings. The molecule has 0 spiro atoms. The molecule has 0 saturated carbocycles. The second-order valence-electron chi connectivity index (χ2n) is 3.47. The number of halogens is 2. The van der Waals surface area contributed by atoms with Crippen LogP contribution in [0.3, 0.4) is 0 Å². The minimum absolute atomic E-state index is 0.103. The Labute approximate surface area is 108 Å². The summed E-state index contributed by atoms with van der Waals surface area (Å²) in [5.74, 6) is -0.103. The number of ketones is 1. The highest BCUT2D eigenvalue weighted by atomic mass is 35.5. The van der Waals surface area contributed by atoms with E-state index < -0.39 is 0 Å². The molecule has 2 rings (SSSR count). The Bertz CT molecular complexity index is 584. The highest BCUT2D eigenvalue weighted by Gasteiger charge is 2.07. The van der Waals surface area contributed by atoms with Gasteiger partial charge in [0.2, 0.25) is 0 Å². The van der Waals surface area contributed by atoms with E-state index in [-0.39, 0.29) is 5.78 Å². The van der Waals surface area contributed by atoms with Crippen LogP contribution in [-0.4, -0.2) is 15.8 Å². The van der Waals surface area contributed by atoms with Gasteiger partial charge in [-0.25, -0.2) is 9.97 Å². The van der Waals surface area contributed by atoms with Gasteiger partial charge in [-0.3, -0.25) is 4.79 Å². The molecular formula is C12H8Cl2N2O. The summed E-state index contributed by atoms with van der Waals surface area (Å²) < 4.78 is 0. The molecule has 0 amide bonds. The zero-order valence-corrected chi connectivity index (χ0v) is 10.5. The highest BCUT2D eigenvalue weighted by Crippen LogP contribution is 2.27. The number of hydrogen-bond donors (Lipinski definition) is 0. The molecule has 1 aromatic carbocycles. The SMILES string of the molecule is CC(=O)c1cc(-c2ccc(Cl)c(Cl)c2)ncn1. The van der Waals surface area contributed by atoms with Gasteiger partial charge < -0.3 is 0 Å². The maximum absolute atomic E-state index is 11.2. The number of nitrogens with zero attached hydrogens (tertiary/aromatic N) is 2. The summed E-state index contributed by atoms with van der Waals surface area (Å²) in [5, 5.41) is 0.934. The molecule has 2 aromatic rings. The maximum atomic E-state index is 11.2. The lowest BCUT2D eigenvalue weighted by Crippen LogP contribution is -1.98. The van der Waals surface area contributed by atoms with Crippen molar-refractivity contribution < 1.29 is 4.79 Å². The quantitative estimate of drug-likeness (QED) is 0.780. The van der Waals surface area contributed by atoms with E-state index in [1.165, 1.54) is 13.3 Å². The van der Waals surface area contributed by atoms with Crippen molar-refractivity contribution in [1.29, 1.82) is 0 Å². The summed E-state index contributed by atoms with van der Waals surface area (Å²) in [6.07, 6.45) is 1.36. The van der Waals surface area contributed by atoms with Crippen molar-refractivity contribution in [2.24, 2.45) is 0 Å². The molecule has 0 N–H and O–H groups in total. The monoisotopic (exact) mass is 266 g/mol. The number of hydrogen-bond acceptors (Lipinski definition) is 3. The molecule has 0 radical (unpaired) electrons. The van der Waals surface area contributed by atoms with E-state index in [2.05, 4.69) is 9.97 Å². The van der Waals surface area contributed by atoms with Crippen LogP contribution in [0.5, 0.6) is 0 Å². The molecule has 0 aliphatic carbocycles. The standard InChI is InChI=1S/C12H8Cl2N2O/c1-7(17)11-5-12(16-6-15-11)8-2-3-9(13)10(14)4-8/h2-6H,1H3. The summed E-state index contributed by atoms with van der Waals surface area (Å²) in [6, 6.07) is 6.81. The number of benzene rings is 1. The van der Waals surface area contributed by atoms with Crippen LogP contribution < -0.4 is 0 Å². The van der Waals surface area contributed by atoms with Gasteiger partial charge in [-0.05, 0) is 18.2 Å². The lowest BCUT2D eigenvalue weighted by molar-refractivity contribution is 0.101. The summed E-state index contributed by atoms with van der Waals surface area (Å²) in [6.45, 7) is 1.46. The first-order valence-corrected chi connectivity index (χ1v) is 5.62. The third-order valence-electron chi connectivity index (χ3n) is 2.24. The average Bonchev–Trinajstić information content (AvgIpc) is 2.33. The molecule has 5 heteroatoms. The molecule has 86 valence electrons. The fraction of sp³-hybridized carbons (Fsp3) is 0.0833. The van der Waals surface area contributed by atoms with Gasteiger partial charge in [-0.1, -0.05) is 29.3 Å². The Kier molecular flexibility index (Phi) is 3.41. The zero-order chi connectivity index (χ0) is 12.4. The van der Waals surface area contributed by atoms with E-state index in [9.17, 15) is 4.79 Å². The fourth-order valence-electron chi connectivity index (χ4n) is 1.36. The Hall–Kier alpha value is -1.45. The number of aromatic nitrogens is 2. The molecule has 17 heavy (non-hydrogen) atoms. The minimum Gasteiger partial charge on any atom is -0.293 e. The average molecular weight is 267 g/mol. The van der Waals surface area contributed by atoms with Crippen molar-refractivity contribution in [1.82, 2.24) is 9.97 Å². The summed E-state index contributed by atoms with van der Waals surface area (Å²) >= 11 is 11.8. The minimum atomic E-state index is -0.103. The van der Waals surface area contributed by atoms with Crippen molar-refractivity contribution in [3.63, 3.8) is 0 Å². The van der Waals surface area contributed by atoms with Gasteiger partial charge in [0.15, 0.2) is 5.78 Å². The predicted octanol–water partition coefficient (Wildman–Crippen LogP) is 3.65. The fourth-order valence-corrected chi connectivity index (χ4v) is 1.66. The molecule has 0 saturated heterocycles. The van der Waals surface area contributed by atoms with Gasteiger partial charge in [0.25, 0.3) is 0 Å². The van der Waals surface area contributed by atoms with E-state index in [1.807, 2.05) is 0 Å². The van der Waals surface area contributed by atoms with Gasteiger partial charge in [-0.2, -0.15) is 0 Å². The molecule has 0 fully saturated rings. The Morgan fingerprint density at radius 2 is 1.88 bits per heavy atom. The molecule has 3 nitrogen and oxygen atoms in total. The van der Waals surface area contributed by atoms with Gasteiger partial charge in [-0.15, -0.1) is 0 Å². The van der Waals surface area contributed by atoms with Gasteiger partial charge in [0, 0.05) is 12.5 Å². The van der Waals surface area contributed by atoms with Crippen LogP contribution in [0.25, 0.3) is 11.3 Å². The smallest absolute Gasteiger partial charge is 0.178 e. The van der Waals surface area contributed by atoms with Crippen LogP contribution in [0.2, 0.25) is 10.0 Å². The Morgan fingerprint density at radius 3 is 2.53 bits per heavy atom. The van der Waals surface area contributed by atoms with E-state index >= 15 is 0 Å². The van der Waals surface area contributed by atoms with Crippen molar-refractivity contribution in [3.05, 3.63) is 46.3 Å². The van der Waals surface area contributed by atoms with Crippen LogP contribution in [-0.2, 0) is 0 Å². The summed E-state index contributed by atoms with van der Waals surface area (Å²) in [7, 11) is 0. The molecule has 0 atom stereocenters. The summed E-state index contributed by atoms with van der Waals surface area (Å²) in [5.41, 5.74) is 1.81. The molecule has 0 aliphatic heterocycles. The van der Waals surface area contributed by atoms with E-state index in [1.54, 1.807) is 24.3 Å². The van der Waals surface area contributed by atoms with E-state index in [0.717, 1.165) is 5.56 Å². The van der Waals surface area contributed by atoms with Crippen molar-refractivity contribution in [2.75, 3.05) is 0 Å². The number of rotatable bonds is 2. The summed E-state index contributed by atoms with van der Waals surface area (Å²) in [4.78, 5) is 19.2. The zero-order valence-electron chi connectivity index (χ0n) is 8.95. The lowest BCUT2D eigenvalue weighted by atomic mass is 10.1. The number of carbonyl (C=O) groups excluding carboxylic acids is 1.